The SMILES string of the molecule is O=C(Nc1cc([N+](=O)[O-])ccc1Cl)NC(C(=O)O)C1CC1. The van der Waals surface area contributed by atoms with Crippen LogP contribution in [0.3, 0.4) is 0 Å². The van der Waals surface area contributed by atoms with Crippen LogP contribution in [-0.2, 0) is 4.79 Å². The normalized spacial score (nSPS) is 15.1. The second-order valence-corrected chi connectivity index (χ2v) is 5.08. The fourth-order valence-corrected chi connectivity index (χ4v) is 2.00. The van der Waals surface area contributed by atoms with Gasteiger partial charge in [0.1, 0.15) is 6.04 Å². The van der Waals surface area contributed by atoms with Gasteiger partial charge in [-0.05, 0) is 24.8 Å². The maximum atomic E-state index is 11.8. The average molecular weight is 314 g/mol. The second kappa shape index (κ2) is 5.96. The number of carbonyl (C=O) groups is 2. The van der Waals surface area contributed by atoms with Crippen molar-refractivity contribution < 1.29 is 19.6 Å². The molecule has 1 aromatic rings. The van der Waals surface area contributed by atoms with E-state index in [1.54, 1.807) is 0 Å². The number of rotatable bonds is 5. The van der Waals surface area contributed by atoms with Crippen LogP contribution in [0.4, 0.5) is 16.2 Å². The average Bonchev–Trinajstić information content (AvgIpc) is 3.22. The van der Waals surface area contributed by atoms with E-state index in [4.69, 9.17) is 16.7 Å². The van der Waals surface area contributed by atoms with E-state index in [0.717, 1.165) is 18.9 Å². The molecule has 1 atom stereocenters. The molecule has 9 heteroatoms. The third-order valence-electron chi connectivity index (χ3n) is 3.06. The Labute approximate surface area is 124 Å². The Morgan fingerprint density at radius 1 is 1.43 bits per heavy atom. The Balaban J connectivity index is 2.06. The van der Waals surface area contributed by atoms with E-state index in [9.17, 15) is 19.7 Å². The van der Waals surface area contributed by atoms with Crippen molar-refractivity contribution in [1.82, 2.24) is 5.32 Å². The van der Waals surface area contributed by atoms with Gasteiger partial charge < -0.3 is 15.7 Å². The van der Waals surface area contributed by atoms with Crippen LogP contribution >= 0.6 is 11.6 Å². The van der Waals surface area contributed by atoms with Crippen molar-refractivity contribution in [1.29, 1.82) is 0 Å². The van der Waals surface area contributed by atoms with E-state index in [1.165, 1.54) is 12.1 Å². The van der Waals surface area contributed by atoms with Crippen LogP contribution in [0.15, 0.2) is 18.2 Å². The zero-order chi connectivity index (χ0) is 15.6. The van der Waals surface area contributed by atoms with Crippen LogP contribution in [0.2, 0.25) is 5.02 Å². The van der Waals surface area contributed by atoms with E-state index >= 15 is 0 Å². The Kier molecular flexibility index (Phi) is 4.27. The number of anilines is 1. The predicted molar refractivity (Wildman–Crippen MR) is 74.4 cm³/mol. The summed E-state index contributed by atoms with van der Waals surface area (Å²) in [5, 5.41) is 24.5. The number of nitrogens with one attached hydrogen (secondary N) is 2. The molecule has 21 heavy (non-hydrogen) atoms. The molecular weight excluding hydrogens is 302 g/mol. The Morgan fingerprint density at radius 2 is 2.10 bits per heavy atom. The highest BCUT2D eigenvalue weighted by atomic mass is 35.5. The molecule has 0 spiro atoms. The molecular formula is C12H12ClN3O5. The first-order valence-corrected chi connectivity index (χ1v) is 6.50. The first kappa shape index (κ1) is 15.0. The van der Waals surface area contributed by atoms with Crippen LogP contribution in [0.25, 0.3) is 0 Å². The molecule has 0 saturated heterocycles. The molecule has 2 rings (SSSR count). The quantitative estimate of drug-likeness (QED) is 0.568. The van der Waals surface area contributed by atoms with Crippen LogP contribution in [0, 0.1) is 16.0 Å². The summed E-state index contributed by atoms with van der Waals surface area (Å²) in [5.41, 5.74) is -0.185. The molecule has 1 aliphatic rings. The number of aliphatic carboxylic acids is 1. The van der Waals surface area contributed by atoms with Gasteiger partial charge in [-0.1, -0.05) is 11.6 Å². The van der Waals surface area contributed by atoms with Gasteiger partial charge >= 0.3 is 12.0 Å². The van der Waals surface area contributed by atoms with Crippen LogP contribution in [-0.4, -0.2) is 28.1 Å². The summed E-state index contributed by atoms with van der Waals surface area (Å²) in [4.78, 5) is 32.9. The summed E-state index contributed by atoms with van der Waals surface area (Å²) in [6.07, 6.45) is 1.49. The smallest absolute Gasteiger partial charge is 0.326 e. The summed E-state index contributed by atoms with van der Waals surface area (Å²) < 4.78 is 0. The highest BCUT2D eigenvalue weighted by Gasteiger charge is 2.37. The molecule has 3 N–H and O–H groups in total. The predicted octanol–water partition coefficient (Wildman–Crippen LogP) is 2.23. The summed E-state index contributed by atoms with van der Waals surface area (Å²) in [6.45, 7) is 0. The number of nitro benzene ring substituents is 1. The minimum absolute atomic E-state index is 0.0447. The zero-order valence-corrected chi connectivity index (χ0v) is 11.5. The number of halogens is 1. The second-order valence-electron chi connectivity index (χ2n) is 4.67. The molecule has 0 aromatic heterocycles. The number of carbonyl (C=O) groups excluding carboxylic acids is 1. The van der Waals surface area contributed by atoms with Gasteiger partial charge in [0.25, 0.3) is 5.69 Å². The molecule has 0 bridgehead atoms. The van der Waals surface area contributed by atoms with E-state index in [-0.39, 0.29) is 22.3 Å². The van der Waals surface area contributed by atoms with Crippen molar-refractivity contribution in [3.05, 3.63) is 33.3 Å². The van der Waals surface area contributed by atoms with Crippen molar-refractivity contribution in [2.75, 3.05) is 5.32 Å². The molecule has 0 aliphatic heterocycles. The van der Waals surface area contributed by atoms with Gasteiger partial charge in [-0.3, -0.25) is 10.1 Å². The lowest BCUT2D eigenvalue weighted by Gasteiger charge is -2.14. The summed E-state index contributed by atoms with van der Waals surface area (Å²) in [6, 6.07) is 1.86. The fraction of sp³-hybridized carbons (Fsp3) is 0.333. The summed E-state index contributed by atoms with van der Waals surface area (Å²) in [5.74, 6) is -1.19. The van der Waals surface area contributed by atoms with Crippen LogP contribution < -0.4 is 10.6 Å². The van der Waals surface area contributed by atoms with Gasteiger partial charge in [0.05, 0.1) is 15.6 Å². The molecule has 0 heterocycles. The summed E-state index contributed by atoms with van der Waals surface area (Å²) in [7, 11) is 0. The lowest BCUT2D eigenvalue weighted by molar-refractivity contribution is -0.384. The highest BCUT2D eigenvalue weighted by Crippen LogP contribution is 2.33. The maximum absolute atomic E-state index is 11.8. The topological polar surface area (TPSA) is 122 Å². The minimum Gasteiger partial charge on any atom is -0.480 e. The lowest BCUT2D eigenvalue weighted by Crippen LogP contribution is -2.44. The van der Waals surface area contributed by atoms with Crippen molar-refractivity contribution in [2.24, 2.45) is 5.92 Å². The molecule has 1 unspecified atom stereocenters. The number of hydrogen-bond acceptors (Lipinski definition) is 4. The lowest BCUT2D eigenvalue weighted by atomic mass is 10.2. The van der Waals surface area contributed by atoms with Crippen LogP contribution in [0.1, 0.15) is 12.8 Å². The van der Waals surface area contributed by atoms with Crippen molar-refractivity contribution in [3.63, 3.8) is 0 Å². The number of urea groups is 1. The molecule has 2 amide bonds. The van der Waals surface area contributed by atoms with Gasteiger partial charge in [-0.2, -0.15) is 0 Å². The third-order valence-corrected chi connectivity index (χ3v) is 3.38. The monoisotopic (exact) mass is 313 g/mol. The van der Waals surface area contributed by atoms with Crippen LogP contribution in [0.5, 0.6) is 0 Å². The van der Waals surface area contributed by atoms with Crippen molar-refractivity contribution in [3.8, 4) is 0 Å². The summed E-state index contributed by atoms with van der Waals surface area (Å²) >= 11 is 5.84. The Hall–Kier alpha value is -2.35. The first-order chi connectivity index (χ1) is 9.88. The molecule has 1 fully saturated rings. The molecule has 0 radical (unpaired) electrons. The maximum Gasteiger partial charge on any atom is 0.326 e. The van der Waals surface area contributed by atoms with E-state index < -0.39 is 23.0 Å². The van der Waals surface area contributed by atoms with E-state index in [2.05, 4.69) is 10.6 Å². The van der Waals surface area contributed by atoms with Gasteiger partial charge in [-0.15, -0.1) is 0 Å². The number of carboxylic acid groups (broad SMARTS) is 1. The molecule has 112 valence electrons. The number of amides is 2. The van der Waals surface area contributed by atoms with Crippen molar-refractivity contribution in [2.45, 2.75) is 18.9 Å². The van der Waals surface area contributed by atoms with E-state index in [0.29, 0.717) is 0 Å². The molecule has 1 aromatic carbocycles. The largest absolute Gasteiger partial charge is 0.480 e. The third kappa shape index (κ3) is 3.82. The number of non-ortho nitro benzene ring substituents is 1. The molecule has 8 nitrogen and oxygen atoms in total. The number of benzene rings is 1. The fourth-order valence-electron chi connectivity index (χ4n) is 1.83. The first-order valence-electron chi connectivity index (χ1n) is 6.12. The Bertz CT molecular complexity index is 603. The van der Waals surface area contributed by atoms with Gasteiger partial charge in [0.15, 0.2) is 0 Å². The van der Waals surface area contributed by atoms with Gasteiger partial charge in [0, 0.05) is 12.1 Å². The molecule has 1 aliphatic carbocycles. The Morgan fingerprint density at radius 3 is 2.62 bits per heavy atom. The number of carboxylic acids is 1. The molecule has 1 saturated carbocycles. The number of hydrogen-bond donors (Lipinski definition) is 3. The zero-order valence-electron chi connectivity index (χ0n) is 10.7. The number of nitro groups is 1. The highest BCUT2D eigenvalue weighted by molar-refractivity contribution is 6.33. The van der Waals surface area contributed by atoms with Gasteiger partial charge in [-0.25, -0.2) is 9.59 Å². The minimum atomic E-state index is -1.11. The van der Waals surface area contributed by atoms with Gasteiger partial charge in [0.2, 0.25) is 0 Å². The standard InChI is InChI=1S/C12H12ClN3O5/c13-8-4-3-7(16(20)21)5-9(8)14-12(19)15-10(11(17)18)6-1-2-6/h3-6,10H,1-2H2,(H,17,18)(H2,14,15,19). The number of nitrogens with zero attached hydrogens (tertiary/aromatic N) is 1. The van der Waals surface area contributed by atoms with Crippen molar-refractivity contribution >= 4 is 35.0 Å². The van der Waals surface area contributed by atoms with E-state index in [1.807, 2.05) is 0 Å².